The maximum absolute atomic E-state index is 13.6. The van der Waals surface area contributed by atoms with Gasteiger partial charge in [0.2, 0.25) is 5.91 Å². The molecular weight excluding hydrogens is 466 g/mol. The Morgan fingerprint density at radius 2 is 1.60 bits per heavy atom. The fourth-order valence-electron chi connectivity index (χ4n) is 3.58. The number of amides is 3. The molecule has 0 aliphatic rings. The van der Waals surface area contributed by atoms with Crippen molar-refractivity contribution in [3.63, 3.8) is 0 Å². The van der Waals surface area contributed by atoms with Gasteiger partial charge in [0.15, 0.2) is 0 Å². The van der Waals surface area contributed by atoms with Crippen LogP contribution in [0.15, 0.2) is 42.5 Å². The van der Waals surface area contributed by atoms with Crippen molar-refractivity contribution in [3.8, 4) is 0 Å². The average Bonchev–Trinajstić information content (AvgIpc) is 2.74. The van der Waals surface area contributed by atoms with Gasteiger partial charge < -0.3 is 20.3 Å². The van der Waals surface area contributed by atoms with E-state index in [1.54, 1.807) is 40.0 Å². The molecule has 0 bridgehead atoms. The lowest BCUT2D eigenvalue weighted by molar-refractivity contribution is -0.140. The van der Waals surface area contributed by atoms with E-state index in [4.69, 9.17) is 16.3 Å². The summed E-state index contributed by atoms with van der Waals surface area (Å²) in [5, 5.41) is 5.97. The number of halogens is 1. The van der Waals surface area contributed by atoms with E-state index in [2.05, 4.69) is 10.6 Å². The molecule has 8 heteroatoms. The monoisotopic (exact) mass is 501 g/mol. The second-order valence-electron chi connectivity index (χ2n) is 10.1. The van der Waals surface area contributed by atoms with Gasteiger partial charge in [-0.25, -0.2) is 4.79 Å². The molecule has 0 aliphatic heterocycles. The van der Waals surface area contributed by atoms with E-state index in [1.165, 1.54) is 4.90 Å². The topological polar surface area (TPSA) is 87.7 Å². The molecule has 3 amide bonds. The normalized spacial score (nSPS) is 13.1. The average molecular weight is 502 g/mol. The second-order valence-corrected chi connectivity index (χ2v) is 10.5. The Morgan fingerprint density at radius 3 is 2.11 bits per heavy atom. The number of carbonyl (C=O) groups is 3. The highest BCUT2D eigenvalue weighted by Gasteiger charge is 2.35. The van der Waals surface area contributed by atoms with E-state index in [-0.39, 0.29) is 5.92 Å². The first kappa shape index (κ1) is 28.2. The van der Waals surface area contributed by atoms with Crippen LogP contribution >= 0.6 is 11.6 Å². The van der Waals surface area contributed by atoms with Crippen LogP contribution in [0.2, 0.25) is 5.02 Å². The number of carbonyl (C=O) groups excluding carboxylic acids is 3. The SMILES string of the molecule is Cc1ccc(C(C(=O)Nc2c(C)cccc2Cl)N(C)C(=O)C(NC(=O)OC(C)(C)C)C(C)C)cc1. The van der Waals surface area contributed by atoms with Crippen LogP contribution in [0.3, 0.4) is 0 Å². The Balaban J connectivity index is 2.40. The molecule has 2 aromatic carbocycles. The lowest BCUT2D eigenvalue weighted by Crippen LogP contribution is -2.53. The lowest BCUT2D eigenvalue weighted by atomic mass is 9.99. The fraction of sp³-hybridized carbons (Fsp3) is 0.444. The first-order valence-corrected chi connectivity index (χ1v) is 12.0. The van der Waals surface area contributed by atoms with Crippen molar-refractivity contribution in [1.29, 1.82) is 0 Å². The molecular formula is C27H36ClN3O4. The standard InChI is InChI=1S/C27H36ClN3O4/c1-16(2)21(30-26(34)35-27(5,6)7)25(33)31(8)23(19-14-12-17(3)13-15-19)24(32)29-22-18(4)10-9-11-20(22)28/h9-16,21,23H,1-8H3,(H,29,32)(H,30,34). The summed E-state index contributed by atoms with van der Waals surface area (Å²) in [6, 6.07) is 10.9. The minimum Gasteiger partial charge on any atom is -0.444 e. The maximum atomic E-state index is 13.6. The van der Waals surface area contributed by atoms with Crippen LogP contribution in [0.1, 0.15) is 57.4 Å². The molecule has 2 aromatic rings. The number of rotatable bonds is 7. The maximum Gasteiger partial charge on any atom is 0.408 e. The molecule has 0 heterocycles. The van der Waals surface area contributed by atoms with Gasteiger partial charge in [-0.3, -0.25) is 9.59 Å². The van der Waals surface area contributed by atoms with Gasteiger partial charge in [-0.15, -0.1) is 0 Å². The van der Waals surface area contributed by atoms with E-state index in [0.29, 0.717) is 16.3 Å². The Kier molecular flexibility index (Phi) is 9.32. The van der Waals surface area contributed by atoms with Gasteiger partial charge >= 0.3 is 6.09 Å². The Bertz CT molecular complexity index is 1040. The predicted octanol–water partition coefficient (Wildman–Crippen LogP) is 5.64. The number of hydrogen-bond acceptors (Lipinski definition) is 4. The van der Waals surface area contributed by atoms with Crippen LogP contribution in [-0.4, -0.2) is 41.5 Å². The highest BCUT2D eigenvalue weighted by molar-refractivity contribution is 6.34. The number of aryl methyl sites for hydroxylation is 2. The van der Waals surface area contributed by atoms with Crippen LogP contribution in [0.4, 0.5) is 10.5 Å². The van der Waals surface area contributed by atoms with E-state index < -0.39 is 35.6 Å². The van der Waals surface area contributed by atoms with E-state index in [1.807, 2.05) is 58.0 Å². The molecule has 0 radical (unpaired) electrons. The first-order chi connectivity index (χ1) is 16.2. The molecule has 2 unspecified atom stereocenters. The Morgan fingerprint density at radius 1 is 1.00 bits per heavy atom. The third-order valence-corrected chi connectivity index (χ3v) is 5.77. The molecule has 0 aliphatic carbocycles. The number of para-hydroxylation sites is 1. The second kappa shape index (κ2) is 11.6. The summed E-state index contributed by atoms with van der Waals surface area (Å²) in [6.45, 7) is 12.7. The molecule has 7 nitrogen and oxygen atoms in total. The molecule has 0 aromatic heterocycles. The van der Waals surface area contributed by atoms with Crippen molar-refractivity contribution in [2.75, 3.05) is 12.4 Å². The van der Waals surface area contributed by atoms with Crippen LogP contribution in [0.5, 0.6) is 0 Å². The molecule has 35 heavy (non-hydrogen) atoms. The smallest absolute Gasteiger partial charge is 0.408 e. The van der Waals surface area contributed by atoms with E-state index >= 15 is 0 Å². The number of benzene rings is 2. The predicted molar refractivity (Wildman–Crippen MR) is 140 cm³/mol. The van der Waals surface area contributed by atoms with Gasteiger partial charge in [-0.1, -0.05) is 67.4 Å². The highest BCUT2D eigenvalue weighted by atomic mass is 35.5. The zero-order valence-corrected chi connectivity index (χ0v) is 22.5. The van der Waals surface area contributed by atoms with Crippen LogP contribution in [0.25, 0.3) is 0 Å². The number of likely N-dealkylation sites (N-methyl/N-ethyl adjacent to an activating group) is 1. The number of alkyl carbamates (subject to hydrolysis) is 1. The lowest BCUT2D eigenvalue weighted by Gasteiger charge is -2.33. The number of hydrogen-bond donors (Lipinski definition) is 2. The third kappa shape index (κ3) is 7.72. The minimum atomic E-state index is -0.958. The first-order valence-electron chi connectivity index (χ1n) is 11.6. The molecule has 0 spiro atoms. The summed E-state index contributed by atoms with van der Waals surface area (Å²) < 4.78 is 5.34. The minimum absolute atomic E-state index is 0.245. The summed E-state index contributed by atoms with van der Waals surface area (Å²) in [5.41, 5.74) is 2.24. The van der Waals surface area contributed by atoms with Crippen LogP contribution in [-0.2, 0) is 14.3 Å². The fourth-order valence-corrected chi connectivity index (χ4v) is 3.85. The highest BCUT2D eigenvalue weighted by Crippen LogP contribution is 2.29. The van der Waals surface area contributed by atoms with E-state index in [0.717, 1.165) is 11.1 Å². The zero-order chi connectivity index (χ0) is 26.5. The molecule has 190 valence electrons. The number of nitrogens with one attached hydrogen (secondary N) is 2. The van der Waals surface area contributed by atoms with Gasteiger partial charge in [0.1, 0.15) is 17.7 Å². The van der Waals surface area contributed by atoms with Crippen molar-refractivity contribution in [3.05, 3.63) is 64.2 Å². The summed E-state index contributed by atoms with van der Waals surface area (Å²) in [5.74, 6) is -1.08. The summed E-state index contributed by atoms with van der Waals surface area (Å²) in [7, 11) is 1.55. The zero-order valence-electron chi connectivity index (χ0n) is 21.7. The van der Waals surface area contributed by atoms with Crippen molar-refractivity contribution in [2.24, 2.45) is 5.92 Å². The Labute approximate surface area is 213 Å². The van der Waals surface area contributed by atoms with Crippen molar-refractivity contribution in [2.45, 2.75) is 66.2 Å². The van der Waals surface area contributed by atoms with Crippen molar-refractivity contribution < 1.29 is 19.1 Å². The van der Waals surface area contributed by atoms with Crippen LogP contribution in [0, 0.1) is 19.8 Å². The van der Waals surface area contributed by atoms with Crippen molar-refractivity contribution in [1.82, 2.24) is 10.2 Å². The van der Waals surface area contributed by atoms with Gasteiger partial charge in [0.05, 0.1) is 10.7 Å². The largest absolute Gasteiger partial charge is 0.444 e. The number of ether oxygens (including phenoxy) is 1. The summed E-state index contributed by atoms with van der Waals surface area (Å²) in [4.78, 5) is 41.0. The molecule has 0 saturated heterocycles. The quantitative estimate of drug-likeness (QED) is 0.513. The number of anilines is 1. The van der Waals surface area contributed by atoms with Crippen LogP contribution < -0.4 is 10.6 Å². The molecule has 0 fully saturated rings. The third-order valence-electron chi connectivity index (χ3n) is 5.45. The van der Waals surface area contributed by atoms with Gasteiger partial charge in [0.25, 0.3) is 5.91 Å². The van der Waals surface area contributed by atoms with E-state index in [9.17, 15) is 14.4 Å². The van der Waals surface area contributed by atoms with Gasteiger partial charge in [-0.2, -0.15) is 0 Å². The van der Waals surface area contributed by atoms with Crippen molar-refractivity contribution >= 4 is 35.2 Å². The van der Waals surface area contributed by atoms with Gasteiger partial charge in [0, 0.05) is 7.05 Å². The molecule has 2 N–H and O–H groups in total. The molecule has 2 rings (SSSR count). The molecule has 2 atom stereocenters. The molecule has 0 saturated carbocycles. The summed E-state index contributed by atoms with van der Waals surface area (Å²) in [6.07, 6.45) is -0.694. The summed E-state index contributed by atoms with van der Waals surface area (Å²) >= 11 is 6.33. The van der Waals surface area contributed by atoms with Gasteiger partial charge in [-0.05, 0) is 57.7 Å². The Hall–Kier alpha value is -3.06. The number of nitrogens with zero attached hydrogens (tertiary/aromatic N) is 1.